The van der Waals surface area contributed by atoms with Gasteiger partial charge in [0.05, 0.1) is 16.3 Å². The van der Waals surface area contributed by atoms with Gasteiger partial charge in [0.2, 0.25) is 0 Å². The van der Waals surface area contributed by atoms with Gasteiger partial charge in [-0.3, -0.25) is 9.13 Å². The van der Waals surface area contributed by atoms with E-state index in [1.807, 2.05) is 212 Å². The third-order valence-electron chi connectivity index (χ3n) is 12.1. The molecule has 0 aliphatic heterocycles. The molecule has 8 aromatic carbocycles. The Kier molecular flexibility index (Phi) is 13.7. The van der Waals surface area contributed by atoms with E-state index >= 15 is 9.13 Å². The first-order valence-electron chi connectivity index (χ1n) is 21.6. The van der Waals surface area contributed by atoms with Gasteiger partial charge >= 0.3 is 7.37 Å². The zero-order valence-electron chi connectivity index (χ0n) is 36.3. The molecule has 0 radical (unpaired) electrons. The van der Waals surface area contributed by atoms with Crippen LogP contribution >= 0.6 is 21.9 Å². The van der Waals surface area contributed by atoms with Gasteiger partial charge in [0.15, 0.2) is 7.14 Å². The number of rotatable bonds is 18. The van der Waals surface area contributed by atoms with Crippen LogP contribution in [0.4, 0.5) is 0 Å². The Balaban J connectivity index is 1.21. The fraction of sp³-hybridized carbons (Fsp3) is 0.0877. The summed E-state index contributed by atoms with van der Waals surface area (Å²) < 4.78 is 58.4. The van der Waals surface area contributed by atoms with E-state index in [2.05, 4.69) is 32.2 Å². The van der Waals surface area contributed by atoms with Gasteiger partial charge in [-0.15, -0.1) is 13.2 Å². The van der Waals surface area contributed by atoms with E-state index in [0.717, 1.165) is 32.6 Å². The molecule has 5 nitrogen and oxygen atoms in total. The molecular formula is C57H51O5P3. The summed E-state index contributed by atoms with van der Waals surface area (Å²) >= 11 is 0. The highest BCUT2D eigenvalue weighted by Crippen LogP contribution is 2.54. The average molecular weight is 909 g/mol. The molecule has 0 spiro atoms. The van der Waals surface area contributed by atoms with Gasteiger partial charge < -0.3 is 13.6 Å². The van der Waals surface area contributed by atoms with E-state index in [4.69, 9.17) is 9.05 Å². The third-order valence-corrected chi connectivity index (χ3v) is 20.4. The maximum Gasteiger partial charge on any atom is 0.306 e. The second kappa shape index (κ2) is 19.7. The van der Waals surface area contributed by atoms with Gasteiger partial charge in [0.25, 0.3) is 7.37 Å². The Labute approximate surface area is 383 Å². The number of hydrogen-bond donors (Lipinski definition) is 0. The van der Waals surface area contributed by atoms with Crippen LogP contribution in [0.3, 0.4) is 0 Å². The van der Waals surface area contributed by atoms with Crippen LogP contribution in [-0.4, -0.2) is 5.66 Å². The minimum atomic E-state index is -3.53. The van der Waals surface area contributed by atoms with Crippen LogP contribution in [0.1, 0.15) is 36.5 Å². The lowest BCUT2D eigenvalue weighted by Gasteiger charge is -2.33. The summed E-state index contributed by atoms with van der Waals surface area (Å²) in [7, 11) is -10.2. The van der Waals surface area contributed by atoms with Crippen molar-refractivity contribution in [1.29, 1.82) is 0 Å². The summed E-state index contributed by atoms with van der Waals surface area (Å²) in [6.07, 6.45) is 4.56. The van der Waals surface area contributed by atoms with E-state index in [9.17, 15) is 4.57 Å². The summed E-state index contributed by atoms with van der Waals surface area (Å²) in [4.78, 5) is 0. The summed E-state index contributed by atoms with van der Waals surface area (Å²) in [6.45, 7) is 10.0. The SMILES string of the molecule is C=CCC(CC=C)P(=O)(Oc1ccc(C(C)(c2ccc(OP(=O)(c3ccccc3)c3ccccc3)cc2)c2ccc(P(=O)(c3ccccc3)c3ccccc3)cc2)cc1)c1ccccc1. The predicted molar refractivity (Wildman–Crippen MR) is 272 cm³/mol. The quantitative estimate of drug-likeness (QED) is 0.0487. The van der Waals surface area contributed by atoms with E-state index < -0.39 is 27.3 Å². The first-order chi connectivity index (χ1) is 31.6. The van der Waals surface area contributed by atoms with E-state index in [1.165, 1.54) is 0 Å². The first kappa shape index (κ1) is 45.1. The van der Waals surface area contributed by atoms with Crippen molar-refractivity contribution in [3.05, 3.63) is 266 Å². The van der Waals surface area contributed by atoms with Crippen LogP contribution in [0, 0.1) is 0 Å². The molecule has 324 valence electrons. The molecule has 8 aromatic rings. The lowest BCUT2D eigenvalue weighted by molar-refractivity contribution is 0.477. The lowest BCUT2D eigenvalue weighted by atomic mass is 9.71. The first-order valence-corrected chi connectivity index (χ1v) is 26.7. The molecule has 65 heavy (non-hydrogen) atoms. The van der Waals surface area contributed by atoms with Gasteiger partial charge in [-0.05, 0) is 97.1 Å². The summed E-state index contributed by atoms with van der Waals surface area (Å²) in [6, 6.07) is 70.8. The van der Waals surface area contributed by atoms with E-state index in [-0.39, 0.29) is 5.66 Å². The fourth-order valence-electron chi connectivity index (χ4n) is 8.47. The van der Waals surface area contributed by atoms with Gasteiger partial charge in [0.1, 0.15) is 11.5 Å². The Morgan fingerprint density at radius 1 is 0.415 bits per heavy atom. The fourth-order valence-corrected chi connectivity index (χ4v) is 15.7. The van der Waals surface area contributed by atoms with Crippen molar-refractivity contribution in [2.75, 3.05) is 0 Å². The molecule has 0 aliphatic rings. The number of benzene rings is 8. The average Bonchev–Trinajstić information content (AvgIpc) is 3.37. The van der Waals surface area contributed by atoms with Gasteiger partial charge in [-0.1, -0.05) is 176 Å². The minimum absolute atomic E-state index is 0.342. The topological polar surface area (TPSA) is 69.7 Å². The Bertz CT molecular complexity index is 2880. The number of allylic oxidation sites excluding steroid dienone is 2. The van der Waals surface area contributed by atoms with Crippen molar-refractivity contribution >= 4 is 53.7 Å². The monoisotopic (exact) mass is 908 g/mol. The Morgan fingerprint density at radius 3 is 1.09 bits per heavy atom. The van der Waals surface area contributed by atoms with Crippen LogP contribution in [-0.2, 0) is 19.1 Å². The molecule has 2 unspecified atom stereocenters. The zero-order valence-corrected chi connectivity index (χ0v) is 39.0. The molecule has 0 saturated carbocycles. The van der Waals surface area contributed by atoms with Crippen molar-refractivity contribution in [2.45, 2.75) is 30.8 Å². The maximum absolute atomic E-state index is 15.4. The zero-order chi connectivity index (χ0) is 45.3. The predicted octanol–water partition coefficient (Wildman–Crippen LogP) is 12.5. The Hall–Kier alpha value is -6.47. The molecular weight excluding hydrogens is 858 g/mol. The van der Waals surface area contributed by atoms with Crippen LogP contribution in [0.25, 0.3) is 0 Å². The van der Waals surface area contributed by atoms with Crippen LogP contribution in [0.15, 0.2) is 250 Å². The van der Waals surface area contributed by atoms with Crippen molar-refractivity contribution in [3.8, 4) is 11.5 Å². The maximum atomic E-state index is 15.4. The van der Waals surface area contributed by atoms with Gasteiger partial charge in [0, 0.05) is 26.6 Å². The second-order valence-electron chi connectivity index (χ2n) is 16.0. The molecule has 0 N–H and O–H groups in total. The molecule has 0 saturated heterocycles. The molecule has 0 heterocycles. The highest BCUT2D eigenvalue weighted by Gasteiger charge is 2.38. The molecule has 0 bridgehead atoms. The van der Waals surface area contributed by atoms with Crippen molar-refractivity contribution in [3.63, 3.8) is 0 Å². The normalized spacial score (nSPS) is 13.5. The minimum Gasteiger partial charge on any atom is -0.440 e. The summed E-state index contributed by atoms with van der Waals surface area (Å²) in [5.41, 5.74) is 1.69. The molecule has 2 atom stereocenters. The van der Waals surface area contributed by atoms with Crippen molar-refractivity contribution < 1.29 is 22.7 Å². The molecule has 0 aromatic heterocycles. The third kappa shape index (κ3) is 9.11. The highest BCUT2D eigenvalue weighted by molar-refractivity contribution is 7.85. The molecule has 0 aliphatic carbocycles. The summed E-state index contributed by atoms with van der Waals surface area (Å²) in [5.74, 6) is 0.938. The number of hydrogen-bond acceptors (Lipinski definition) is 5. The highest BCUT2D eigenvalue weighted by atomic mass is 31.2. The van der Waals surface area contributed by atoms with Crippen LogP contribution < -0.4 is 40.9 Å². The van der Waals surface area contributed by atoms with Gasteiger partial charge in [-0.2, -0.15) is 0 Å². The molecule has 0 amide bonds. The smallest absolute Gasteiger partial charge is 0.306 e. The van der Waals surface area contributed by atoms with Crippen LogP contribution in [0.2, 0.25) is 0 Å². The van der Waals surface area contributed by atoms with Crippen molar-refractivity contribution in [1.82, 2.24) is 0 Å². The van der Waals surface area contributed by atoms with Crippen LogP contribution in [0.5, 0.6) is 11.5 Å². The van der Waals surface area contributed by atoms with Crippen molar-refractivity contribution in [2.24, 2.45) is 0 Å². The lowest BCUT2D eigenvalue weighted by Crippen LogP contribution is -2.28. The molecule has 8 heteroatoms. The van der Waals surface area contributed by atoms with Gasteiger partial charge in [-0.25, -0.2) is 0 Å². The van der Waals surface area contributed by atoms with E-state index in [1.54, 1.807) is 12.2 Å². The standard InChI is InChI=1S/C57H51O5P3/c1-4-21-53(22-5-2)64(59,54-27-15-8-16-28-54)61-48-39-33-45(34-40-48)57(3,47-37-43-52(44-38-47)63(58,50-23-11-6-12-24-50)51-25-13-7-14-26-51)46-35-41-49(42-36-46)62-65(60,55-29-17-9-18-30-55)56-31-19-10-20-32-56/h4-20,23-44,53H,1-2,21-22H2,3H3. The largest absolute Gasteiger partial charge is 0.440 e. The molecule has 8 rings (SSSR count). The van der Waals surface area contributed by atoms with E-state index in [0.29, 0.717) is 40.3 Å². The summed E-state index contributed by atoms with van der Waals surface area (Å²) in [5, 5.41) is 4.07. The Morgan fingerprint density at radius 2 is 0.723 bits per heavy atom. The molecule has 0 fully saturated rings. The second-order valence-corrected chi connectivity index (χ2v) is 23.8.